The number of hydrogen-bond donors (Lipinski definition) is 2. The summed E-state index contributed by atoms with van der Waals surface area (Å²) in [5, 5.41) is 14.5. The van der Waals surface area contributed by atoms with E-state index in [0.29, 0.717) is 20.9 Å². The molecular weight excluding hydrogens is 334 g/mol. The maximum Gasteiger partial charge on any atom is 0.315 e. The topological polar surface area (TPSA) is 81.2 Å². The van der Waals surface area contributed by atoms with Crippen molar-refractivity contribution >= 4 is 50.3 Å². The zero-order valence-corrected chi connectivity index (χ0v) is 11.9. The van der Waals surface area contributed by atoms with Crippen LogP contribution in [0.15, 0.2) is 40.9 Å². The Morgan fingerprint density at radius 1 is 1.21 bits per heavy atom. The monoisotopic (exact) mass is 341 g/mol. The highest BCUT2D eigenvalue weighted by atomic mass is 79.9. The number of halogens is 2. The number of nitrogens with zero attached hydrogens (tertiary/aromatic N) is 1. The highest BCUT2D eigenvalue weighted by Crippen LogP contribution is 2.36. The SMILES string of the molecule is Nc1cccc(Nc2cccc(Cl)c2Br)c1[N+](=O)[O-]. The van der Waals surface area contributed by atoms with Crippen LogP contribution in [0.3, 0.4) is 0 Å². The van der Waals surface area contributed by atoms with Crippen LogP contribution in [0.25, 0.3) is 0 Å². The fourth-order valence-electron chi connectivity index (χ4n) is 1.61. The van der Waals surface area contributed by atoms with Crippen molar-refractivity contribution in [2.24, 2.45) is 0 Å². The van der Waals surface area contributed by atoms with E-state index in [0.717, 1.165) is 0 Å². The van der Waals surface area contributed by atoms with Crippen LogP contribution < -0.4 is 11.1 Å². The number of nitrogens with one attached hydrogen (secondary N) is 1. The fraction of sp³-hybridized carbons (Fsp3) is 0. The number of nitrogens with two attached hydrogens (primary N) is 1. The van der Waals surface area contributed by atoms with Gasteiger partial charge in [-0.1, -0.05) is 23.7 Å². The molecule has 2 aromatic carbocycles. The van der Waals surface area contributed by atoms with Crippen molar-refractivity contribution in [2.75, 3.05) is 11.1 Å². The van der Waals surface area contributed by atoms with E-state index in [1.807, 2.05) is 0 Å². The van der Waals surface area contributed by atoms with E-state index in [-0.39, 0.29) is 11.4 Å². The summed E-state index contributed by atoms with van der Waals surface area (Å²) >= 11 is 9.29. The molecule has 0 unspecified atom stereocenters. The molecule has 3 N–H and O–H groups in total. The van der Waals surface area contributed by atoms with Gasteiger partial charge in [-0.2, -0.15) is 0 Å². The van der Waals surface area contributed by atoms with E-state index in [1.165, 1.54) is 6.07 Å². The number of nitrogen functional groups attached to an aromatic ring is 1. The second-order valence-corrected chi connectivity index (χ2v) is 4.93. The standard InChI is InChI=1S/C12H9BrClN3O2/c13-11-7(14)3-1-5-9(11)16-10-6-2-4-8(15)12(10)17(18)19/h1-6,16H,15H2. The van der Waals surface area contributed by atoms with E-state index in [2.05, 4.69) is 21.2 Å². The minimum Gasteiger partial charge on any atom is -0.393 e. The average molecular weight is 343 g/mol. The smallest absolute Gasteiger partial charge is 0.315 e. The van der Waals surface area contributed by atoms with Crippen LogP contribution in [0.2, 0.25) is 5.02 Å². The molecule has 0 aliphatic carbocycles. The Bertz CT molecular complexity index is 649. The first-order chi connectivity index (χ1) is 9.00. The molecular formula is C12H9BrClN3O2. The Labute approximate surface area is 122 Å². The largest absolute Gasteiger partial charge is 0.393 e. The van der Waals surface area contributed by atoms with Crippen LogP contribution >= 0.6 is 27.5 Å². The highest BCUT2D eigenvalue weighted by Gasteiger charge is 2.18. The van der Waals surface area contributed by atoms with Crippen LogP contribution in [-0.2, 0) is 0 Å². The molecule has 0 aromatic heterocycles. The summed E-state index contributed by atoms with van der Waals surface area (Å²) in [6, 6.07) is 9.92. The number of nitro benzene ring substituents is 1. The lowest BCUT2D eigenvalue weighted by Crippen LogP contribution is -2.01. The van der Waals surface area contributed by atoms with Crippen molar-refractivity contribution in [3.05, 3.63) is 56.0 Å². The molecule has 0 aliphatic heterocycles. The summed E-state index contributed by atoms with van der Waals surface area (Å²) in [4.78, 5) is 10.5. The molecule has 0 aliphatic rings. The molecule has 7 heteroatoms. The zero-order chi connectivity index (χ0) is 14.0. The summed E-state index contributed by atoms with van der Waals surface area (Å²) in [5.74, 6) is 0. The summed E-state index contributed by atoms with van der Waals surface area (Å²) < 4.78 is 0.633. The third-order valence-corrected chi connectivity index (χ3v) is 3.87. The molecule has 0 amide bonds. The Hall–Kier alpha value is -1.79. The molecule has 0 atom stereocenters. The maximum absolute atomic E-state index is 11.0. The Morgan fingerprint density at radius 2 is 1.84 bits per heavy atom. The first kappa shape index (κ1) is 13.6. The van der Waals surface area contributed by atoms with Crippen molar-refractivity contribution in [2.45, 2.75) is 0 Å². The molecule has 0 saturated carbocycles. The van der Waals surface area contributed by atoms with Crippen LogP contribution in [0, 0.1) is 10.1 Å². The molecule has 0 heterocycles. The number of rotatable bonds is 3. The molecule has 5 nitrogen and oxygen atoms in total. The van der Waals surface area contributed by atoms with Gasteiger partial charge >= 0.3 is 5.69 Å². The molecule has 2 rings (SSSR count). The second-order valence-electron chi connectivity index (χ2n) is 3.73. The van der Waals surface area contributed by atoms with Gasteiger partial charge in [0.05, 0.1) is 20.1 Å². The van der Waals surface area contributed by atoms with E-state index in [1.54, 1.807) is 30.3 Å². The summed E-state index contributed by atoms with van der Waals surface area (Å²) in [7, 11) is 0. The predicted octanol–water partition coefficient (Wildman–Crippen LogP) is 4.34. The number of anilines is 3. The minimum absolute atomic E-state index is 0.105. The normalized spacial score (nSPS) is 10.2. The fourth-order valence-corrected chi connectivity index (χ4v) is 2.15. The van der Waals surface area contributed by atoms with Gasteiger partial charge in [0.25, 0.3) is 0 Å². The summed E-state index contributed by atoms with van der Waals surface area (Å²) in [6.45, 7) is 0. The molecule has 98 valence electrons. The summed E-state index contributed by atoms with van der Waals surface area (Å²) in [5.41, 5.74) is 6.51. The van der Waals surface area contributed by atoms with Gasteiger partial charge < -0.3 is 11.1 Å². The Kier molecular flexibility index (Phi) is 3.92. The van der Waals surface area contributed by atoms with Gasteiger partial charge in [0.1, 0.15) is 11.4 Å². The maximum atomic E-state index is 11.0. The van der Waals surface area contributed by atoms with Crippen LogP contribution in [0.4, 0.5) is 22.7 Å². The number of nitro groups is 1. The summed E-state index contributed by atoms with van der Waals surface area (Å²) in [6.07, 6.45) is 0. The average Bonchev–Trinajstić information content (AvgIpc) is 2.34. The molecule has 2 aromatic rings. The van der Waals surface area contributed by atoms with Crippen molar-refractivity contribution in [3.8, 4) is 0 Å². The van der Waals surface area contributed by atoms with E-state index >= 15 is 0 Å². The van der Waals surface area contributed by atoms with Crippen molar-refractivity contribution < 1.29 is 4.92 Å². The van der Waals surface area contributed by atoms with Gasteiger partial charge in [-0.25, -0.2) is 0 Å². The number of hydrogen-bond acceptors (Lipinski definition) is 4. The Morgan fingerprint density at radius 3 is 2.53 bits per heavy atom. The van der Waals surface area contributed by atoms with Gasteiger partial charge in [-0.15, -0.1) is 0 Å². The first-order valence-electron chi connectivity index (χ1n) is 5.24. The van der Waals surface area contributed by atoms with E-state index in [4.69, 9.17) is 17.3 Å². The minimum atomic E-state index is -0.518. The second kappa shape index (κ2) is 5.46. The molecule has 0 radical (unpaired) electrons. The van der Waals surface area contributed by atoms with E-state index < -0.39 is 4.92 Å². The lowest BCUT2D eigenvalue weighted by atomic mass is 10.2. The van der Waals surface area contributed by atoms with Gasteiger partial charge in [0.2, 0.25) is 0 Å². The van der Waals surface area contributed by atoms with Gasteiger partial charge in [-0.3, -0.25) is 10.1 Å². The van der Waals surface area contributed by atoms with Crippen molar-refractivity contribution in [3.63, 3.8) is 0 Å². The number of benzene rings is 2. The van der Waals surface area contributed by atoms with Gasteiger partial charge in [0, 0.05) is 0 Å². The quantitative estimate of drug-likeness (QED) is 0.494. The van der Waals surface area contributed by atoms with Gasteiger partial charge in [-0.05, 0) is 40.2 Å². The van der Waals surface area contributed by atoms with E-state index in [9.17, 15) is 10.1 Å². The highest BCUT2D eigenvalue weighted by molar-refractivity contribution is 9.10. The number of para-hydroxylation sites is 1. The zero-order valence-electron chi connectivity index (χ0n) is 9.56. The molecule has 0 spiro atoms. The van der Waals surface area contributed by atoms with Crippen LogP contribution in [0.5, 0.6) is 0 Å². The predicted molar refractivity (Wildman–Crippen MR) is 79.9 cm³/mol. The van der Waals surface area contributed by atoms with Crippen molar-refractivity contribution in [1.29, 1.82) is 0 Å². The van der Waals surface area contributed by atoms with Crippen molar-refractivity contribution in [1.82, 2.24) is 0 Å². The van der Waals surface area contributed by atoms with Crippen LogP contribution in [-0.4, -0.2) is 4.92 Å². The first-order valence-corrected chi connectivity index (χ1v) is 6.41. The lowest BCUT2D eigenvalue weighted by molar-refractivity contribution is -0.383. The molecule has 0 saturated heterocycles. The Balaban J connectivity index is 2.47. The van der Waals surface area contributed by atoms with Crippen LogP contribution in [0.1, 0.15) is 0 Å². The third-order valence-electron chi connectivity index (χ3n) is 2.47. The van der Waals surface area contributed by atoms with Gasteiger partial charge in [0.15, 0.2) is 0 Å². The lowest BCUT2D eigenvalue weighted by Gasteiger charge is -2.10. The molecule has 0 fully saturated rings. The molecule has 19 heavy (non-hydrogen) atoms. The molecule has 0 bridgehead atoms. The third kappa shape index (κ3) is 2.80.